The number of rotatable bonds is 8. The monoisotopic (exact) mass is 455 g/mol. The summed E-state index contributed by atoms with van der Waals surface area (Å²) in [5.74, 6) is 1.30. The van der Waals surface area contributed by atoms with Crippen LogP contribution in [-0.4, -0.2) is 78.3 Å². The van der Waals surface area contributed by atoms with Crippen LogP contribution >= 0.6 is 0 Å². The number of hydrogen-bond donors (Lipinski definition) is 0. The normalized spacial score (nSPS) is 20.7. The van der Waals surface area contributed by atoms with Crippen molar-refractivity contribution in [3.63, 3.8) is 0 Å². The van der Waals surface area contributed by atoms with Gasteiger partial charge in [0.05, 0.1) is 6.61 Å². The van der Waals surface area contributed by atoms with Crippen molar-refractivity contribution >= 4 is 17.7 Å². The lowest BCUT2D eigenvalue weighted by Crippen LogP contribution is -2.48. The summed E-state index contributed by atoms with van der Waals surface area (Å²) in [6, 6.07) is 9.75. The van der Waals surface area contributed by atoms with Crippen LogP contribution in [0.4, 0.5) is 0 Å². The number of carbonyl (C=O) groups is 3. The van der Waals surface area contributed by atoms with Gasteiger partial charge in [-0.2, -0.15) is 0 Å². The molecule has 180 valence electrons. The largest absolute Gasteiger partial charge is 0.493 e. The zero-order valence-electron chi connectivity index (χ0n) is 19.7. The van der Waals surface area contributed by atoms with E-state index in [1.807, 2.05) is 40.1 Å². The molecule has 3 heterocycles. The van der Waals surface area contributed by atoms with Gasteiger partial charge in [0, 0.05) is 63.9 Å². The average molecular weight is 456 g/mol. The highest BCUT2D eigenvalue weighted by Crippen LogP contribution is 2.37. The number of amides is 3. The van der Waals surface area contributed by atoms with Crippen molar-refractivity contribution in [1.29, 1.82) is 0 Å². The van der Waals surface area contributed by atoms with Gasteiger partial charge in [-0.3, -0.25) is 14.4 Å². The second-order valence-corrected chi connectivity index (χ2v) is 9.84. The molecule has 0 aromatic heterocycles. The molecule has 0 aliphatic carbocycles. The van der Waals surface area contributed by atoms with Crippen LogP contribution in [0.25, 0.3) is 0 Å². The summed E-state index contributed by atoms with van der Waals surface area (Å²) in [7, 11) is 0. The van der Waals surface area contributed by atoms with Crippen molar-refractivity contribution in [3.8, 4) is 5.75 Å². The Morgan fingerprint density at radius 1 is 0.848 bits per heavy atom. The topological polar surface area (TPSA) is 70.2 Å². The SMILES string of the molecule is O=C1CCCN1CCC(=O)N1CCC(COc2ccccc2)(CC(=O)N2CCCCC2)CC1. The van der Waals surface area contributed by atoms with Crippen LogP contribution in [0.5, 0.6) is 5.75 Å². The Hall–Kier alpha value is -2.57. The number of ether oxygens (including phenoxy) is 1. The van der Waals surface area contributed by atoms with Gasteiger partial charge in [-0.15, -0.1) is 0 Å². The average Bonchev–Trinajstić information content (AvgIpc) is 3.27. The number of para-hydroxylation sites is 1. The molecule has 1 aromatic carbocycles. The number of likely N-dealkylation sites (tertiary alicyclic amines) is 3. The van der Waals surface area contributed by atoms with E-state index < -0.39 is 0 Å². The van der Waals surface area contributed by atoms with Gasteiger partial charge in [-0.25, -0.2) is 0 Å². The summed E-state index contributed by atoms with van der Waals surface area (Å²) in [4.78, 5) is 43.5. The van der Waals surface area contributed by atoms with Gasteiger partial charge in [0.1, 0.15) is 5.75 Å². The zero-order valence-corrected chi connectivity index (χ0v) is 19.7. The number of benzene rings is 1. The van der Waals surface area contributed by atoms with Crippen LogP contribution in [0.15, 0.2) is 30.3 Å². The van der Waals surface area contributed by atoms with Crippen molar-refractivity contribution in [2.24, 2.45) is 5.41 Å². The molecule has 0 atom stereocenters. The highest BCUT2D eigenvalue weighted by molar-refractivity contribution is 5.80. The molecule has 4 rings (SSSR count). The lowest BCUT2D eigenvalue weighted by Gasteiger charge is -2.42. The number of nitrogens with zero attached hydrogens (tertiary/aromatic N) is 3. The van der Waals surface area contributed by atoms with Crippen LogP contribution < -0.4 is 4.74 Å². The minimum atomic E-state index is -0.258. The molecule has 3 saturated heterocycles. The predicted molar refractivity (Wildman–Crippen MR) is 126 cm³/mol. The summed E-state index contributed by atoms with van der Waals surface area (Å²) < 4.78 is 6.14. The van der Waals surface area contributed by atoms with Crippen molar-refractivity contribution in [2.75, 3.05) is 45.9 Å². The molecule has 0 saturated carbocycles. The molecule has 0 N–H and O–H groups in total. The fourth-order valence-corrected chi connectivity index (χ4v) is 5.26. The maximum absolute atomic E-state index is 13.1. The molecule has 0 bridgehead atoms. The van der Waals surface area contributed by atoms with Crippen molar-refractivity contribution < 1.29 is 19.1 Å². The van der Waals surface area contributed by atoms with Crippen molar-refractivity contribution in [2.45, 2.75) is 57.8 Å². The molecule has 7 nitrogen and oxygen atoms in total. The van der Waals surface area contributed by atoms with Gasteiger partial charge in [0.25, 0.3) is 0 Å². The molecule has 7 heteroatoms. The summed E-state index contributed by atoms with van der Waals surface area (Å²) in [6.07, 6.45) is 7.24. The second kappa shape index (κ2) is 11.0. The molecule has 0 radical (unpaired) electrons. The molecule has 3 amide bonds. The maximum Gasteiger partial charge on any atom is 0.224 e. The van der Waals surface area contributed by atoms with Crippen LogP contribution in [0, 0.1) is 5.41 Å². The fraction of sp³-hybridized carbons (Fsp3) is 0.654. The smallest absolute Gasteiger partial charge is 0.224 e. The van der Waals surface area contributed by atoms with E-state index in [0.29, 0.717) is 45.5 Å². The number of piperidine rings is 2. The highest BCUT2D eigenvalue weighted by atomic mass is 16.5. The van der Waals surface area contributed by atoms with Gasteiger partial charge in [0.15, 0.2) is 0 Å². The van der Waals surface area contributed by atoms with Crippen LogP contribution in [0.3, 0.4) is 0 Å². The van der Waals surface area contributed by atoms with Gasteiger partial charge in [0.2, 0.25) is 17.7 Å². The summed E-state index contributed by atoms with van der Waals surface area (Å²) >= 11 is 0. The van der Waals surface area contributed by atoms with E-state index >= 15 is 0 Å². The van der Waals surface area contributed by atoms with Gasteiger partial charge >= 0.3 is 0 Å². The molecule has 1 aromatic rings. The van der Waals surface area contributed by atoms with Crippen LogP contribution in [-0.2, 0) is 14.4 Å². The quantitative estimate of drug-likeness (QED) is 0.604. The first-order valence-electron chi connectivity index (χ1n) is 12.6. The third kappa shape index (κ3) is 6.27. The van der Waals surface area contributed by atoms with Gasteiger partial charge < -0.3 is 19.4 Å². The Bertz CT molecular complexity index is 814. The molecular weight excluding hydrogens is 418 g/mol. The number of hydrogen-bond acceptors (Lipinski definition) is 4. The van der Waals surface area contributed by atoms with E-state index in [1.54, 1.807) is 4.90 Å². The van der Waals surface area contributed by atoms with E-state index in [0.717, 1.165) is 57.5 Å². The first-order valence-corrected chi connectivity index (χ1v) is 12.6. The fourth-order valence-electron chi connectivity index (χ4n) is 5.26. The molecule has 3 aliphatic heterocycles. The molecule has 3 aliphatic rings. The standard InChI is InChI=1S/C26H37N3O4/c30-23-10-7-16-28(23)17-11-24(31)29-18-12-26(13-19-29,21-33-22-8-3-1-4-9-22)20-25(32)27-14-5-2-6-15-27/h1,3-4,8-9H,2,5-7,10-21H2. The van der Waals surface area contributed by atoms with Crippen molar-refractivity contribution in [1.82, 2.24) is 14.7 Å². The molecule has 0 spiro atoms. The van der Waals surface area contributed by atoms with E-state index in [2.05, 4.69) is 0 Å². The van der Waals surface area contributed by atoms with Gasteiger partial charge in [-0.05, 0) is 50.7 Å². The summed E-state index contributed by atoms with van der Waals surface area (Å²) in [5, 5.41) is 0. The van der Waals surface area contributed by atoms with E-state index in [4.69, 9.17) is 4.74 Å². The maximum atomic E-state index is 13.1. The lowest BCUT2D eigenvalue weighted by atomic mass is 9.75. The van der Waals surface area contributed by atoms with Crippen LogP contribution in [0.1, 0.15) is 57.8 Å². The Kier molecular flexibility index (Phi) is 7.89. The first kappa shape index (κ1) is 23.6. The van der Waals surface area contributed by atoms with E-state index in [9.17, 15) is 14.4 Å². The molecular formula is C26H37N3O4. The van der Waals surface area contributed by atoms with Crippen molar-refractivity contribution in [3.05, 3.63) is 30.3 Å². The third-order valence-corrected chi connectivity index (χ3v) is 7.47. The molecule has 3 fully saturated rings. The second-order valence-electron chi connectivity index (χ2n) is 9.84. The summed E-state index contributed by atoms with van der Waals surface area (Å²) in [6.45, 7) is 4.76. The molecule has 33 heavy (non-hydrogen) atoms. The highest BCUT2D eigenvalue weighted by Gasteiger charge is 2.40. The van der Waals surface area contributed by atoms with Gasteiger partial charge in [-0.1, -0.05) is 18.2 Å². The third-order valence-electron chi connectivity index (χ3n) is 7.47. The van der Waals surface area contributed by atoms with E-state index in [1.165, 1.54) is 6.42 Å². The Morgan fingerprint density at radius 2 is 1.55 bits per heavy atom. The minimum Gasteiger partial charge on any atom is -0.493 e. The Balaban J connectivity index is 1.34. The van der Waals surface area contributed by atoms with E-state index in [-0.39, 0.29) is 23.1 Å². The predicted octanol–water partition coefficient (Wildman–Crippen LogP) is 3.09. The van der Waals surface area contributed by atoms with Crippen LogP contribution in [0.2, 0.25) is 0 Å². The first-order chi connectivity index (χ1) is 16.0. The minimum absolute atomic E-state index is 0.106. The number of carbonyl (C=O) groups excluding carboxylic acids is 3. The Morgan fingerprint density at radius 3 is 2.21 bits per heavy atom. The Labute approximate surface area is 197 Å². The zero-order chi connectivity index (χ0) is 23.1. The summed E-state index contributed by atoms with van der Waals surface area (Å²) in [5.41, 5.74) is -0.258. The molecule has 0 unspecified atom stereocenters. The lowest BCUT2D eigenvalue weighted by molar-refractivity contribution is -0.138.